The van der Waals surface area contributed by atoms with Gasteiger partial charge in [0.15, 0.2) is 0 Å². The van der Waals surface area contributed by atoms with E-state index in [9.17, 15) is 14.4 Å². The molecular formula is C17H22N4O5. The number of nitrogens with zero attached hydrogens (tertiary/aromatic N) is 3. The van der Waals surface area contributed by atoms with Gasteiger partial charge >= 0.3 is 6.03 Å². The number of methoxy groups -OCH3 is 1. The first kappa shape index (κ1) is 18.3. The Kier molecular flexibility index (Phi) is 5.50. The largest absolute Gasteiger partial charge is 0.375 e. The van der Waals surface area contributed by atoms with E-state index in [1.165, 1.54) is 17.1 Å². The minimum atomic E-state index is -0.769. The predicted molar refractivity (Wildman–Crippen MR) is 89.9 cm³/mol. The highest BCUT2D eigenvalue weighted by molar-refractivity contribution is 5.99. The Labute approximate surface area is 151 Å². The van der Waals surface area contributed by atoms with Crippen LogP contribution in [0.1, 0.15) is 18.4 Å². The third-order valence-electron chi connectivity index (χ3n) is 4.59. The summed E-state index contributed by atoms with van der Waals surface area (Å²) in [5.74, 6) is 4.34. The third-order valence-corrected chi connectivity index (χ3v) is 4.59. The molecule has 0 saturated carbocycles. The zero-order chi connectivity index (χ0) is 18.7. The van der Waals surface area contributed by atoms with Gasteiger partial charge in [0.25, 0.3) is 11.8 Å². The molecule has 1 aromatic rings. The predicted octanol–water partition coefficient (Wildman–Crippen LogP) is 0.262. The molecule has 0 spiro atoms. The van der Waals surface area contributed by atoms with Crippen molar-refractivity contribution in [1.29, 1.82) is 0 Å². The topological polar surface area (TPSA) is 105 Å². The number of ether oxygens (including phenoxy) is 1. The van der Waals surface area contributed by atoms with E-state index in [1.807, 2.05) is 30.3 Å². The minimum absolute atomic E-state index is 0.115. The van der Waals surface area contributed by atoms with Gasteiger partial charge in [-0.3, -0.25) is 14.4 Å². The van der Waals surface area contributed by atoms with Crippen LogP contribution >= 0.6 is 0 Å². The van der Waals surface area contributed by atoms with Gasteiger partial charge in [0.2, 0.25) is 0 Å². The molecule has 4 amide bonds. The summed E-state index contributed by atoms with van der Waals surface area (Å²) < 4.78 is 4.70. The first-order valence-corrected chi connectivity index (χ1v) is 8.40. The second-order valence-electron chi connectivity index (χ2n) is 6.30. The van der Waals surface area contributed by atoms with Crippen molar-refractivity contribution in [2.75, 3.05) is 20.3 Å². The normalized spacial score (nSPS) is 21.8. The molecular weight excluding hydrogens is 340 g/mol. The Hall–Kier alpha value is -2.49. The number of hydrogen-bond donors (Lipinski definition) is 1. The van der Waals surface area contributed by atoms with E-state index in [4.69, 9.17) is 15.4 Å². The van der Waals surface area contributed by atoms with E-state index in [-0.39, 0.29) is 25.3 Å². The molecule has 0 radical (unpaired) electrons. The highest BCUT2D eigenvalue weighted by Crippen LogP contribution is 2.31. The van der Waals surface area contributed by atoms with Crippen molar-refractivity contribution >= 4 is 17.8 Å². The van der Waals surface area contributed by atoms with Gasteiger partial charge in [-0.2, -0.15) is 5.06 Å². The smallest absolute Gasteiger partial charge is 0.345 e. The Balaban J connectivity index is 1.64. The maximum Gasteiger partial charge on any atom is 0.345 e. The molecule has 26 heavy (non-hydrogen) atoms. The number of urea groups is 1. The maximum absolute atomic E-state index is 12.6. The fourth-order valence-corrected chi connectivity index (χ4v) is 3.25. The molecule has 9 heteroatoms. The van der Waals surface area contributed by atoms with Crippen molar-refractivity contribution in [3.8, 4) is 0 Å². The summed E-state index contributed by atoms with van der Waals surface area (Å²) in [6.45, 7) is 0.346. The molecule has 0 aromatic heterocycles. The minimum Gasteiger partial charge on any atom is -0.375 e. The summed E-state index contributed by atoms with van der Waals surface area (Å²) in [5, 5.41) is 1.87. The van der Waals surface area contributed by atoms with Crippen molar-refractivity contribution < 1.29 is 24.0 Å². The number of rotatable bonds is 6. The molecule has 2 heterocycles. The second kappa shape index (κ2) is 7.81. The average molecular weight is 362 g/mol. The van der Waals surface area contributed by atoms with Crippen LogP contribution in [0.5, 0.6) is 0 Å². The molecule has 0 aliphatic carbocycles. The number of carbonyl (C=O) groups is 3. The van der Waals surface area contributed by atoms with Gasteiger partial charge in [-0.15, -0.1) is 0 Å². The Morgan fingerprint density at radius 2 is 2.00 bits per heavy atom. The Morgan fingerprint density at radius 3 is 2.69 bits per heavy atom. The third kappa shape index (κ3) is 3.55. The average Bonchev–Trinajstić information content (AvgIpc) is 2.90. The van der Waals surface area contributed by atoms with Crippen molar-refractivity contribution in [2.24, 2.45) is 5.84 Å². The molecule has 2 fully saturated rings. The molecule has 2 saturated heterocycles. The molecule has 2 bridgehead atoms. The first-order valence-electron chi connectivity index (χ1n) is 8.40. The number of piperidine rings is 1. The summed E-state index contributed by atoms with van der Waals surface area (Å²) in [5.41, 5.74) is 0.947. The number of imide groups is 1. The fraction of sp³-hybridized carbons (Fsp3) is 0.471. The number of carbonyl (C=O) groups excluding carboxylic acids is 3. The molecule has 1 aromatic carbocycles. The fourth-order valence-electron chi connectivity index (χ4n) is 3.25. The van der Waals surface area contributed by atoms with Crippen LogP contribution in [0.2, 0.25) is 0 Å². The standard InChI is InChI=1S/C17H22N4O5/c1-25-11-15(22)20(18)16(23)14-8-7-13-9-19(14)17(24)21(13)26-10-12-5-3-2-4-6-12/h2-6,13-14H,7-11,18H2,1H3/t13-,14+/m1/s1. The van der Waals surface area contributed by atoms with Crippen molar-refractivity contribution in [2.45, 2.75) is 31.5 Å². The van der Waals surface area contributed by atoms with Gasteiger partial charge in [-0.25, -0.2) is 15.6 Å². The zero-order valence-corrected chi connectivity index (χ0v) is 14.5. The summed E-state index contributed by atoms with van der Waals surface area (Å²) in [6, 6.07) is 8.26. The molecule has 9 nitrogen and oxygen atoms in total. The summed E-state index contributed by atoms with van der Waals surface area (Å²) >= 11 is 0. The summed E-state index contributed by atoms with van der Waals surface area (Å²) in [6.07, 6.45) is 1.02. The van der Waals surface area contributed by atoms with Crippen LogP contribution in [0.25, 0.3) is 0 Å². The first-order chi connectivity index (χ1) is 12.5. The van der Waals surface area contributed by atoms with Crippen LogP contribution < -0.4 is 5.84 Å². The lowest BCUT2D eigenvalue weighted by Crippen LogP contribution is -2.55. The molecule has 3 rings (SSSR count). The quantitative estimate of drug-likeness (QED) is 0.442. The van der Waals surface area contributed by atoms with Gasteiger partial charge in [-0.1, -0.05) is 30.3 Å². The number of hydrazine groups is 1. The van der Waals surface area contributed by atoms with Gasteiger partial charge in [0.05, 0.1) is 6.04 Å². The van der Waals surface area contributed by atoms with E-state index in [1.54, 1.807) is 0 Å². The number of nitrogens with two attached hydrogens (primary N) is 1. The van der Waals surface area contributed by atoms with Crippen molar-refractivity contribution in [3.05, 3.63) is 35.9 Å². The van der Waals surface area contributed by atoms with Crippen LogP contribution in [0.4, 0.5) is 4.79 Å². The highest BCUT2D eigenvalue weighted by atomic mass is 16.7. The lowest BCUT2D eigenvalue weighted by atomic mass is 10.00. The van der Waals surface area contributed by atoms with Crippen LogP contribution in [0.15, 0.2) is 30.3 Å². The van der Waals surface area contributed by atoms with Gasteiger partial charge in [-0.05, 0) is 18.4 Å². The van der Waals surface area contributed by atoms with Crippen LogP contribution in [0, 0.1) is 0 Å². The second-order valence-corrected chi connectivity index (χ2v) is 6.30. The number of hydrogen-bond acceptors (Lipinski definition) is 6. The highest BCUT2D eigenvalue weighted by Gasteiger charge is 2.49. The van der Waals surface area contributed by atoms with Crippen molar-refractivity contribution in [1.82, 2.24) is 15.0 Å². The van der Waals surface area contributed by atoms with Gasteiger partial charge in [0.1, 0.15) is 19.3 Å². The molecule has 2 N–H and O–H groups in total. The van der Waals surface area contributed by atoms with Crippen LogP contribution in [-0.2, 0) is 25.8 Å². The van der Waals surface area contributed by atoms with E-state index in [0.717, 1.165) is 5.56 Å². The van der Waals surface area contributed by atoms with Gasteiger partial charge in [0, 0.05) is 13.7 Å². The van der Waals surface area contributed by atoms with Crippen LogP contribution in [0.3, 0.4) is 0 Å². The lowest BCUT2D eigenvalue weighted by molar-refractivity contribution is -0.150. The molecule has 140 valence electrons. The van der Waals surface area contributed by atoms with Crippen LogP contribution in [-0.4, -0.2) is 65.2 Å². The van der Waals surface area contributed by atoms with Crippen molar-refractivity contribution in [3.63, 3.8) is 0 Å². The van der Waals surface area contributed by atoms with E-state index < -0.39 is 17.9 Å². The Bertz CT molecular complexity index is 683. The van der Waals surface area contributed by atoms with Gasteiger partial charge < -0.3 is 9.64 Å². The summed E-state index contributed by atoms with van der Waals surface area (Å²) in [4.78, 5) is 44.0. The number of amides is 4. The number of hydroxylamine groups is 2. The van der Waals surface area contributed by atoms with E-state index >= 15 is 0 Å². The lowest BCUT2D eigenvalue weighted by Gasteiger charge is -2.31. The maximum atomic E-state index is 12.6. The molecule has 2 atom stereocenters. The van der Waals surface area contributed by atoms with E-state index in [0.29, 0.717) is 24.4 Å². The number of fused-ring (bicyclic) bond motifs is 2. The molecule has 0 unspecified atom stereocenters. The monoisotopic (exact) mass is 362 g/mol. The molecule has 2 aliphatic rings. The SMILES string of the molecule is COCC(=O)N(N)C(=O)[C@@H]1CC[C@@H]2CN1C(=O)N2OCc1ccccc1. The molecule has 2 aliphatic heterocycles. The van der Waals surface area contributed by atoms with E-state index in [2.05, 4.69) is 0 Å². The summed E-state index contributed by atoms with van der Waals surface area (Å²) in [7, 11) is 1.34. The number of benzene rings is 1. The Morgan fingerprint density at radius 1 is 1.27 bits per heavy atom. The zero-order valence-electron chi connectivity index (χ0n) is 14.5.